The van der Waals surface area contributed by atoms with Crippen molar-refractivity contribution in [1.29, 1.82) is 0 Å². The van der Waals surface area contributed by atoms with Crippen LogP contribution in [0.1, 0.15) is 12.0 Å². The number of anilines is 1. The molecule has 1 aromatic rings. The van der Waals surface area contributed by atoms with Crippen LogP contribution in [0.3, 0.4) is 0 Å². The van der Waals surface area contributed by atoms with Gasteiger partial charge in [0, 0.05) is 33.4 Å². The maximum Gasteiger partial charge on any atom is 0.328 e. The molecule has 0 radical (unpaired) electrons. The van der Waals surface area contributed by atoms with Crippen molar-refractivity contribution in [3.8, 4) is 0 Å². The number of para-hydroxylation sites is 1. The van der Waals surface area contributed by atoms with Gasteiger partial charge in [-0.2, -0.15) is 0 Å². The van der Waals surface area contributed by atoms with E-state index >= 15 is 0 Å². The van der Waals surface area contributed by atoms with E-state index in [9.17, 15) is 4.79 Å². The lowest BCUT2D eigenvalue weighted by molar-refractivity contribution is -0.131. The molecule has 0 amide bonds. The molecule has 4 nitrogen and oxygen atoms in total. The molecule has 0 aromatic heterocycles. The normalized spacial score (nSPS) is 10.9. The molecule has 0 fully saturated rings. The molecular weight excluding hydrogens is 266 g/mol. The number of hydrogen-bond donors (Lipinski definition) is 1. The van der Waals surface area contributed by atoms with Crippen molar-refractivity contribution < 1.29 is 14.6 Å². The van der Waals surface area contributed by atoms with Gasteiger partial charge in [0.25, 0.3) is 0 Å². The van der Waals surface area contributed by atoms with Crippen LogP contribution >= 0.6 is 11.6 Å². The molecule has 1 N–H and O–H groups in total. The number of halogens is 1. The summed E-state index contributed by atoms with van der Waals surface area (Å²) >= 11 is 6.20. The molecule has 1 aromatic carbocycles. The first-order valence-electron chi connectivity index (χ1n) is 5.96. The highest BCUT2D eigenvalue weighted by atomic mass is 35.5. The van der Waals surface area contributed by atoms with Crippen LogP contribution < -0.4 is 4.90 Å². The van der Waals surface area contributed by atoms with Crippen molar-refractivity contribution in [2.75, 3.05) is 32.2 Å². The third kappa shape index (κ3) is 4.93. The van der Waals surface area contributed by atoms with Crippen LogP contribution in [0, 0.1) is 0 Å². The highest BCUT2D eigenvalue weighted by Gasteiger charge is 2.10. The zero-order chi connectivity index (χ0) is 14.3. The average molecular weight is 284 g/mol. The zero-order valence-electron chi connectivity index (χ0n) is 11.1. The smallest absolute Gasteiger partial charge is 0.328 e. The third-order valence-corrected chi connectivity index (χ3v) is 2.95. The Morgan fingerprint density at radius 3 is 2.89 bits per heavy atom. The molecule has 104 valence electrons. The molecule has 0 saturated heterocycles. The van der Waals surface area contributed by atoms with Gasteiger partial charge < -0.3 is 14.7 Å². The Kier molecular flexibility index (Phi) is 6.39. The Bertz CT molecular complexity index is 460. The van der Waals surface area contributed by atoms with Crippen LogP contribution in [-0.2, 0) is 9.53 Å². The molecule has 0 bridgehead atoms. The number of aliphatic carboxylic acids is 1. The molecule has 0 aliphatic heterocycles. The first-order valence-corrected chi connectivity index (χ1v) is 6.33. The summed E-state index contributed by atoms with van der Waals surface area (Å²) in [7, 11) is 3.59. The minimum Gasteiger partial charge on any atom is -0.478 e. The number of hydrogen-bond acceptors (Lipinski definition) is 3. The van der Waals surface area contributed by atoms with Crippen molar-refractivity contribution in [2.45, 2.75) is 6.42 Å². The predicted octanol–water partition coefficient (Wildman–Crippen LogP) is 2.91. The minimum absolute atomic E-state index is 0.604. The van der Waals surface area contributed by atoms with Crippen LogP contribution in [0.5, 0.6) is 0 Å². The molecule has 0 spiro atoms. The SMILES string of the molecule is COCCCN(C)c1c(Cl)cccc1/C=C/C(=O)O. The van der Waals surface area contributed by atoms with Crippen LogP contribution in [0.15, 0.2) is 24.3 Å². The lowest BCUT2D eigenvalue weighted by Crippen LogP contribution is -2.21. The topological polar surface area (TPSA) is 49.8 Å². The summed E-state index contributed by atoms with van der Waals surface area (Å²) in [4.78, 5) is 12.6. The van der Waals surface area contributed by atoms with Gasteiger partial charge >= 0.3 is 5.97 Å². The van der Waals surface area contributed by atoms with Gasteiger partial charge in [-0.05, 0) is 24.1 Å². The fraction of sp³-hybridized carbons (Fsp3) is 0.357. The summed E-state index contributed by atoms with van der Waals surface area (Å²) in [5.74, 6) is -0.979. The molecule has 0 aliphatic carbocycles. The van der Waals surface area contributed by atoms with E-state index in [1.807, 2.05) is 18.0 Å². The van der Waals surface area contributed by atoms with Crippen molar-refractivity contribution in [1.82, 2.24) is 0 Å². The molecular formula is C14H18ClNO3. The summed E-state index contributed by atoms with van der Waals surface area (Å²) in [6.45, 7) is 1.46. The first-order chi connectivity index (χ1) is 9.06. The minimum atomic E-state index is -0.979. The number of methoxy groups -OCH3 is 1. The molecule has 0 saturated carbocycles. The standard InChI is InChI=1S/C14H18ClNO3/c1-16(9-4-10-19-2)14-11(7-8-13(17)18)5-3-6-12(14)15/h3,5-8H,4,9-10H2,1-2H3,(H,17,18)/b8-7+. The summed E-state index contributed by atoms with van der Waals surface area (Å²) in [5, 5.41) is 9.30. The Balaban J connectivity index is 2.93. The van der Waals surface area contributed by atoms with Gasteiger partial charge in [-0.25, -0.2) is 4.79 Å². The highest BCUT2D eigenvalue weighted by molar-refractivity contribution is 6.33. The van der Waals surface area contributed by atoms with Gasteiger partial charge in [0.05, 0.1) is 10.7 Å². The van der Waals surface area contributed by atoms with Crippen LogP contribution in [0.25, 0.3) is 6.08 Å². The maximum atomic E-state index is 10.6. The Hall–Kier alpha value is -1.52. The second-order valence-corrected chi connectivity index (χ2v) is 4.52. The van der Waals surface area contributed by atoms with E-state index in [1.165, 1.54) is 0 Å². The van der Waals surface area contributed by atoms with E-state index < -0.39 is 5.97 Å². The number of benzene rings is 1. The Morgan fingerprint density at radius 1 is 1.53 bits per heavy atom. The maximum absolute atomic E-state index is 10.6. The molecule has 0 atom stereocenters. The van der Waals surface area contributed by atoms with Crippen molar-refractivity contribution in [2.24, 2.45) is 0 Å². The van der Waals surface area contributed by atoms with Gasteiger partial charge in [0.1, 0.15) is 0 Å². The number of carboxylic acids is 1. The average Bonchev–Trinajstić information content (AvgIpc) is 2.36. The highest BCUT2D eigenvalue weighted by Crippen LogP contribution is 2.30. The zero-order valence-corrected chi connectivity index (χ0v) is 11.9. The quantitative estimate of drug-likeness (QED) is 0.617. The van der Waals surface area contributed by atoms with E-state index in [0.717, 1.165) is 30.3 Å². The van der Waals surface area contributed by atoms with E-state index in [0.29, 0.717) is 11.6 Å². The fourth-order valence-corrected chi connectivity index (χ4v) is 2.11. The van der Waals surface area contributed by atoms with Crippen LogP contribution in [0.4, 0.5) is 5.69 Å². The molecule has 19 heavy (non-hydrogen) atoms. The number of ether oxygens (including phenoxy) is 1. The van der Waals surface area contributed by atoms with E-state index in [4.69, 9.17) is 21.4 Å². The molecule has 0 heterocycles. The molecule has 1 rings (SSSR count). The molecule has 0 aliphatic rings. The molecule has 0 unspecified atom stereocenters. The predicted molar refractivity (Wildman–Crippen MR) is 77.9 cm³/mol. The summed E-state index contributed by atoms with van der Waals surface area (Å²) in [6.07, 6.45) is 3.54. The van der Waals surface area contributed by atoms with Gasteiger partial charge in [-0.15, -0.1) is 0 Å². The Labute approximate surface area is 118 Å². The monoisotopic (exact) mass is 283 g/mol. The van der Waals surface area contributed by atoms with Crippen molar-refractivity contribution in [3.05, 3.63) is 34.9 Å². The van der Waals surface area contributed by atoms with Crippen molar-refractivity contribution in [3.63, 3.8) is 0 Å². The van der Waals surface area contributed by atoms with Gasteiger partial charge in [0.15, 0.2) is 0 Å². The number of carbonyl (C=O) groups is 1. The van der Waals surface area contributed by atoms with Crippen molar-refractivity contribution >= 4 is 29.3 Å². The summed E-state index contributed by atoms with van der Waals surface area (Å²) < 4.78 is 5.02. The summed E-state index contributed by atoms with van der Waals surface area (Å²) in [5.41, 5.74) is 1.62. The second-order valence-electron chi connectivity index (χ2n) is 4.12. The lowest BCUT2D eigenvalue weighted by atomic mass is 10.1. The lowest BCUT2D eigenvalue weighted by Gasteiger charge is -2.22. The second kappa shape index (κ2) is 7.81. The largest absolute Gasteiger partial charge is 0.478 e. The fourth-order valence-electron chi connectivity index (χ4n) is 1.79. The van der Waals surface area contributed by atoms with E-state index in [-0.39, 0.29) is 0 Å². The Morgan fingerprint density at radius 2 is 2.26 bits per heavy atom. The number of rotatable bonds is 7. The van der Waals surface area contributed by atoms with E-state index in [1.54, 1.807) is 25.3 Å². The van der Waals surface area contributed by atoms with Gasteiger partial charge in [-0.1, -0.05) is 23.7 Å². The van der Waals surface area contributed by atoms with Gasteiger partial charge in [0.2, 0.25) is 0 Å². The summed E-state index contributed by atoms with van der Waals surface area (Å²) in [6, 6.07) is 5.44. The van der Waals surface area contributed by atoms with Crippen LogP contribution in [-0.4, -0.2) is 38.4 Å². The number of carboxylic acid groups (broad SMARTS) is 1. The third-order valence-electron chi connectivity index (χ3n) is 2.65. The van der Waals surface area contributed by atoms with Crippen LogP contribution in [0.2, 0.25) is 5.02 Å². The number of nitrogens with zero attached hydrogens (tertiary/aromatic N) is 1. The molecule has 5 heteroatoms. The van der Waals surface area contributed by atoms with Gasteiger partial charge in [-0.3, -0.25) is 0 Å². The van der Waals surface area contributed by atoms with E-state index in [2.05, 4.69) is 0 Å². The first kappa shape index (κ1) is 15.5.